The van der Waals surface area contributed by atoms with Gasteiger partial charge in [-0.3, -0.25) is 9.69 Å². The van der Waals surface area contributed by atoms with E-state index in [2.05, 4.69) is 49.9 Å². The fourth-order valence-electron chi connectivity index (χ4n) is 3.39. The van der Waals surface area contributed by atoms with Crippen molar-refractivity contribution in [3.8, 4) is 0 Å². The van der Waals surface area contributed by atoms with Crippen molar-refractivity contribution >= 4 is 5.97 Å². The Morgan fingerprint density at radius 3 is 2.67 bits per heavy atom. The standard InChI is InChI=1S/C18H27NO2/c1-18(2,3)19(13-12-17(20)21)16-11-7-5-9-14-8-4-6-10-15(14)16/h4,6,8,10,16H,5,7,9,11-13H2,1-3H3,(H,20,21). The van der Waals surface area contributed by atoms with Crippen LogP contribution in [0.4, 0.5) is 0 Å². The lowest BCUT2D eigenvalue weighted by atomic mass is 9.93. The first-order valence-electron chi connectivity index (χ1n) is 7.96. The molecule has 1 aromatic carbocycles. The van der Waals surface area contributed by atoms with E-state index < -0.39 is 5.97 Å². The van der Waals surface area contributed by atoms with Crippen LogP contribution in [-0.4, -0.2) is 28.1 Å². The first kappa shape index (κ1) is 16.0. The zero-order valence-corrected chi connectivity index (χ0v) is 13.4. The van der Waals surface area contributed by atoms with Gasteiger partial charge >= 0.3 is 5.97 Å². The van der Waals surface area contributed by atoms with Crippen LogP contribution in [0.5, 0.6) is 0 Å². The highest BCUT2D eigenvalue weighted by Crippen LogP contribution is 2.37. The number of hydrogen-bond acceptors (Lipinski definition) is 2. The van der Waals surface area contributed by atoms with Crippen molar-refractivity contribution in [3.05, 3.63) is 35.4 Å². The van der Waals surface area contributed by atoms with Gasteiger partial charge in [0.25, 0.3) is 0 Å². The Hall–Kier alpha value is -1.35. The van der Waals surface area contributed by atoms with E-state index in [-0.39, 0.29) is 12.0 Å². The van der Waals surface area contributed by atoms with Gasteiger partial charge in [-0.1, -0.05) is 30.7 Å². The molecule has 1 aliphatic carbocycles. The molecule has 1 aliphatic rings. The fourth-order valence-corrected chi connectivity index (χ4v) is 3.39. The van der Waals surface area contributed by atoms with Crippen LogP contribution in [0.15, 0.2) is 24.3 Å². The van der Waals surface area contributed by atoms with Crippen LogP contribution < -0.4 is 0 Å². The van der Waals surface area contributed by atoms with E-state index >= 15 is 0 Å². The molecule has 0 aliphatic heterocycles. The molecule has 116 valence electrons. The molecule has 1 atom stereocenters. The number of aliphatic carboxylic acids is 1. The summed E-state index contributed by atoms with van der Waals surface area (Å²) in [6.45, 7) is 7.16. The molecular formula is C18H27NO2. The molecule has 3 nitrogen and oxygen atoms in total. The SMILES string of the molecule is CC(C)(C)N(CCC(=O)O)C1CCCCc2ccccc21. The maximum Gasteiger partial charge on any atom is 0.304 e. The second kappa shape index (κ2) is 6.61. The molecule has 3 heteroatoms. The number of aryl methyl sites for hydroxylation is 1. The van der Waals surface area contributed by atoms with E-state index in [4.69, 9.17) is 5.11 Å². The summed E-state index contributed by atoms with van der Waals surface area (Å²) in [6, 6.07) is 9.01. The van der Waals surface area contributed by atoms with Crippen LogP contribution in [0.1, 0.15) is 63.6 Å². The lowest BCUT2D eigenvalue weighted by Crippen LogP contribution is -2.45. The monoisotopic (exact) mass is 289 g/mol. The van der Waals surface area contributed by atoms with E-state index in [1.54, 1.807) is 0 Å². The van der Waals surface area contributed by atoms with Crippen LogP contribution in [0.3, 0.4) is 0 Å². The van der Waals surface area contributed by atoms with Crippen molar-refractivity contribution in [1.82, 2.24) is 4.90 Å². The van der Waals surface area contributed by atoms with Crippen LogP contribution in [0.2, 0.25) is 0 Å². The molecule has 0 fully saturated rings. The maximum atomic E-state index is 11.0. The predicted octanol–water partition coefficient (Wildman–Crippen LogP) is 4.03. The molecule has 1 aromatic rings. The highest BCUT2D eigenvalue weighted by molar-refractivity contribution is 5.66. The molecule has 0 heterocycles. The Bertz CT molecular complexity index is 490. The number of nitrogens with zero attached hydrogens (tertiary/aromatic N) is 1. The van der Waals surface area contributed by atoms with Crippen molar-refractivity contribution < 1.29 is 9.90 Å². The normalized spacial score (nSPS) is 19.1. The Morgan fingerprint density at radius 2 is 2.00 bits per heavy atom. The summed E-state index contributed by atoms with van der Waals surface area (Å²) in [7, 11) is 0. The predicted molar refractivity (Wildman–Crippen MR) is 85.4 cm³/mol. The number of fused-ring (bicyclic) bond motifs is 1. The highest BCUT2D eigenvalue weighted by Gasteiger charge is 2.31. The number of benzene rings is 1. The topological polar surface area (TPSA) is 40.5 Å². The number of hydrogen-bond donors (Lipinski definition) is 1. The summed E-state index contributed by atoms with van der Waals surface area (Å²) in [5.41, 5.74) is 2.80. The minimum absolute atomic E-state index is 0.0302. The molecule has 0 amide bonds. The summed E-state index contributed by atoms with van der Waals surface area (Å²) in [4.78, 5) is 13.4. The van der Waals surface area contributed by atoms with E-state index in [9.17, 15) is 4.79 Å². The van der Waals surface area contributed by atoms with E-state index in [0.29, 0.717) is 12.6 Å². The van der Waals surface area contributed by atoms with Gasteiger partial charge in [-0.15, -0.1) is 0 Å². The molecule has 1 N–H and O–H groups in total. The van der Waals surface area contributed by atoms with Crippen molar-refractivity contribution in [3.63, 3.8) is 0 Å². The van der Waals surface area contributed by atoms with Gasteiger partial charge in [0.05, 0.1) is 6.42 Å². The average Bonchev–Trinajstić information content (AvgIpc) is 2.60. The average molecular weight is 289 g/mol. The Kier molecular flexibility index (Phi) is 5.04. The smallest absolute Gasteiger partial charge is 0.304 e. The summed E-state index contributed by atoms with van der Waals surface area (Å²) in [5, 5.41) is 9.05. The van der Waals surface area contributed by atoms with Gasteiger partial charge in [-0.25, -0.2) is 0 Å². The number of carboxylic acid groups (broad SMARTS) is 1. The minimum Gasteiger partial charge on any atom is -0.481 e. The zero-order chi connectivity index (χ0) is 15.5. The number of carbonyl (C=O) groups is 1. The first-order chi connectivity index (χ1) is 9.89. The van der Waals surface area contributed by atoms with Crippen LogP contribution in [0.25, 0.3) is 0 Å². The molecule has 0 aromatic heterocycles. The largest absolute Gasteiger partial charge is 0.481 e. The third kappa shape index (κ3) is 4.07. The maximum absolute atomic E-state index is 11.0. The summed E-state index contributed by atoms with van der Waals surface area (Å²) in [5.74, 6) is -0.717. The molecule has 21 heavy (non-hydrogen) atoms. The summed E-state index contributed by atoms with van der Waals surface area (Å²) >= 11 is 0. The molecule has 0 radical (unpaired) electrons. The van der Waals surface area contributed by atoms with Gasteiger partial charge in [0, 0.05) is 18.1 Å². The third-order valence-electron chi connectivity index (χ3n) is 4.39. The van der Waals surface area contributed by atoms with Crippen molar-refractivity contribution in [2.24, 2.45) is 0 Å². The molecule has 0 spiro atoms. The second-order valence-corrected chi connectivity index (χ2v) is 6.97. The molecule has 0 bridgehead atoms. The van der Waals surface area contributed by atoms with Crippen molar-refractivity contribution in [2.75, 3.05) is 6.54 Å². The van der Waals surface area contributed by atoms with Gasteiger partial charge in [0.15, 0.2) is 0 Å². The number of carboxylic acids is 1. The zero-order valence-electron chi connectivity index (χ0n) is 13.4. The van der Waals surface area contributed by atoms with Gasteiger partial charge in [-0.2, -0.15) is 0 Å². The number of rotatable bonds is 4. The quantitative estimate of drug-likeness (QED) is 0.851. The first-order valence-corrected chi connectivity index (χ1v) is 7.96. The molecule has 0 saturated carbocycles. The summed E-state index contributed by atoms with van der Waals surface area (Å²) in [6.07, 6.45) is 4.90. The Balaban J connectivity index is 2.32. The molecule has 2 rings (SSSR count). The fraction of sp³-hybridized carbons (Fsp3) is 0.611. The van der Waals surface area contributed by atoms with Crippen LogP contribution in [0, 0.1) is 0 Å². The third-order valence-corrected chi connectivity index (χ3v) is 4.39. The van der Waals surface area contributed by atoms with E-state index in [1.807, 2.05) is 0 Å². The second-order valence-electron chi connectivity index (χ2n) is 6.97. The van der Waals surface area contributed by atoms with Crippen molar-refractivity contribution in [1.29, 1.82) is 0 Å². The lowest BCUT2D eigenvalue weighted by molar-refractivity contribution is -0.137. The molecular weight excluding hydrogens is 262 g/mol. The Labute approximate surface area is 128 Å². The van der Waals surface area contributed by atoms with Gasteiger partial charge in [-0.05, 0) is 51.2 Å². The minimum atomic E-state index is -0.717. The summed E-state index contributed by atoms with van der Waals surface area (Å²) < 4.78 is 0. The van der Waals surface area contributed by atoms with Gasteiger partial charge < -0.3 is 5.11 Å². The van der Waals surface area contributed by atoms with E-state index in [0.717, 1.165) is 12.8 Å². The van der Waals surface area contributed by atoms with Crippen LogP contribution >= 0.6 is 0 Å². The van der Waals surface area contributed by atoms with Crippen molar-refractivity contribution in [2.45, 2.75) is 64.5 Å². The lowest BCUT2D eigenvalue weighted by Gasteiger charge is -2.42. The van der Waals surface area contributed by atoms with Gasteiger partial charge in [0.1, 0.15) is 0 Å². The highest BCUT2D eigenvalue weighted by atomic mass is 16.4. The Morgan fingerprint density at radius 1 is 1.29 bits per heavy atom. The molecule has 0 saturated heterocycles. The van der Waals surface area contributed by atoms with Gasteiger partial charge in [0.2, 0.25) is 0 Å². The molecule has 1 unspecified atom stereocenters. The van der Waals surface area contributed by atoms with E-state index in [1.165, 1.54) is 24.0 Å². The van der Waals surface area contributed by atoms with Crippen LogP contribution in [-0.2, 0) is 11.2 Å².